The molecule has 1 unspecified atom stereocenters. The minimum Gasteiger partial charge on any atom is -0.491 e. The van der Waals surface area contributed by atoms with E-state index < -0.39 is 5.54 Å². The third-order valence-electron chi connectivity index (χ3n) is 3.12. The lowest BCUT2D eigenvalue weighted by molar-refractivity contribution is -0.151. The molecule has 0 bridgehead atoms. The van der Waals surface area contributed by atoms with E-state index >= 15 is 0 Å². The van der Waals surface area contributed by atoms with Crippen LogP contribution < -0.4 is 10.1 Å². The van der Waals surface area contributed by atoms with Crippen molar-refractivity contribution in [1.82, 2.24) is 5.32 Å². The van der Waals surface area contributed by atoms with Gasteiger partial charge in [-0.25, -0.2) is 4.79 Å². The number of ether oxygens (including phenoxy) is 2. The van der Waals surface area contributed by atoms with Crippen molar-refractivity contribution in [2.75, 3.05) is 20.3 Å². The molecule has 0 fully saturated rings. The lowest BCUT2D eigenvalue weighted by Gasteiger charge is -2.27. The third kappa shape index (κ3) is 3.96. The predicted octanol–water partition coefficient (Wildman–Crippen LogP) is 2.22. The summed E-state index contributed by atoms with van der Waals surface area (Å²) < 4.78 is 10.8. The van der Waals surface area contributed by atoms with Crippen LogP contribution in [0, 0.1) is 13.8 Å². The van der Waals surface area contributed by atoms with Gasteiger partial charge in [-0.2, -0.15) is 0 Å². The molecule has 19 heavy (non-hydrogen) atoms. The quantitative estimate of drug-likeness (QED) is 0.801. The van der Waals surface area contributed by atoms with Crippen LogP contribution in [0.25, 0.3) is 0 Å². The average molecular weight is 265 g/mol. The van der Waals surface area contributed by atoms with Crippen LogP contribution in [-0.4, -0.2) is 31.8 Å². The summed E-state index contributed by atoms with van der Waals surface area (Å²) in [5, 5.41) is 2.96. The SMILES string of the molecule is CCOC(=O)C(C)(COc1ccc(C)cc1C)NC. The summed E-state index contributed by atoms with van der Waals surface area (Å²) in [5.41, 5.74) is 1.40. The first-order valence-corrected chi connectivity index (χ1v) is 6.49. The summed E-state index contributed by atoms with van der Waals surface area (Å²) in [6, 6.07) is 5.96. The zero-order valence-corrected chi connectivity index (χ0v) is 12.4. The second-order valence-electron chi connectivity index (χ2n) is 4.86. The van der Waals surface area contributed by atoms with Crippen LogP contribution in [-0.2, 0) is 9.53 Å². The molecule has 4 heteroatoms. The molecule has 1 aromatic carbocycles. The predicted molar refractivity (Wildman–Crippen MR) is 75.5 cm³/mol. The van der Waals surface area contributed by atoms with Crippen molar-refractivity contribution in [2.45, 2.75) is 33.2 Å². The normalized spacial score (nSPS) is 13.7. The molecule has 4 nitrogen and oxygen atoms in total. The highest BCUT2D eigenvalue weighted by Gasteiger charge is 2.34. The first kappa shape index (κ1) is 15.5. The molecule has 0 aliphatic heterocycles. The van der Waals surface area contributed by atoms with E-state index in [1.807, 2.05) is 26.0 Å². The molecule has 106 valence electrons. The monoisotopic (exact) mass is 265 g/mol. The molecule has 0 radical (unpaired) electrons. The van der Waals surface area contributed by atoms with Crippen LogP contribution in [0.2, 0.25) is 0 Å². The molecular formula is C15H23NO3. The van der Waals surface area contributed by atoms with Gasteiger partial charge < -0.3 is 14.8 Å². The van der Waals surface area contributed by atoms with Gasteiger partial charge in [0.25, 0.3) is 0 Å². The fourth-order valence-corrected chi connectivity index (χ4v) is 1.71. The Kier molecular flexibility index (Phi) is 5.36. The van der Waals surface area contributed by atoms with Crippen molar-refractivity contribution in [1.29, 1.82) is 0 Å². The number of hydrogen-bond acceptors (Lipinski definition) is 4. The zero-order valence-electron chi connectivity index (χ0n) is 12.4. The maximum Gasteiger partial charge on any atom is 0.329 e. The number of likely N-dealkylation sites (N-methyl/N-ethyl adjacent to an activating group) is 1. The lowest BCUT2D eigenvalue weighted by Crippen LogP contribution is -2.53. The number of benzene rings is 1. The van der Waals surface area contributed by atoms with Gasteiger partial charge in [0.2, 0.25) is 0 Å². The molecule has 1 atom stereocenters. The van der Waals surface area contributed by atoms with E-state index in [4.69, 9.17) is 9.47 Å². The maximum absolute atomic E-state index is 11.9. The van der Waals surface area contributed by atoms with E-state index in [1.54, 1.807) is 20.9 Å². The minimum atomic E-state index is -0.840. The third-order valence-corrected chi connectivity index (χ3v) is 3.12. The van der Waals surface area contributed by atoms with Gasteiger partial charge in [0.1, 0.15) is 17.9 Å². The van der Waals surface area contributed by atoms with E-state index in [0.29, 0.717) is 6.61 Å². The van der Waals surface area contributed by atoms with Crippen LogP contribution in [0.1, 0.15) is 25.0 Å². The summed E-state index contributed by atoms with van der Waals surface area (Å²) in [6.07, 6.45) is 0. The summed E-state index contributed by atoms with van der Waals surface area (Å²) in [5.74, 6) is 0.485. The molecular weight excluding hydrogens is 242 g/mol. The van der Waals surface area contributed by atoms with Gasteiger partial charge in [-0.1, -0.05) is 17.7 Å². The minimum absolute atomic E-state index is 0.228. The van der Waals surface area contributed by atoms with Crippen molar-refractivity contribution in [3.8, 4) is 5.75 Å². The number of hydrogen-bond donors (Lipinski definition) is 1. The van der Waals surface area contributed by atoms with Crippen molar-refractivity contribution in [2.24, 2.45) is 0 Å². The Morgan fingerprint density at radius 3 is 2.58 bits per heavy atom. The Hall–Kier alpha value is -1.55. The summed E-state index contributed by atoms with van der Waals surface area (Å²) in [6.45, 7) is 8.18. The van der Waals surface area contributed by atoms with Gasteiger partial charge in [0, 0.05) is 0 Å². The van der Waals surface area contributed by atoms with Crippen LogP contribution >= 0.6 is 0 Å². The van der Waals surface area contributed by atoms with E-state index in [1.165, 1.54) is 5.56 Å². The number of carbonyl (C=O) groups is 1. The van der Waals surface area contributed by atoms with Crippen molar-refractivity contribution < 1.29 is 14.3 Å². The Bertz CT molecular complexity index is 445. The van der Waals surface area contributed by atoms with Gasteiger partial charge in [0.15, 0.2) is 0 Å². The molecule has 1 aromatic rings. The van der Waals surface area contributed by atoms with E-state index in [-0.39, 0.29) is 12.6 Å². The van der Waals surface area contributed by atoms with Crippen molar-refractivity contribution in [3.63, 3.8) is 0 Å². The molecule has 1 N–H and O–H groups in total. The van der Waals surface area contributed by atoms with E-state index in [2.05, 4.69) is 11.4 Å². The Balaban J connectivity index is 2.74. The lowest BCUT2D eigenvalue weighted by atomic mass is 10.0. The van der Waals surface area contributed by atoms with Gasteiger partial charge in [-0.15, -0.1) is 0 Å². The summed E-state index contributed by atoms with van der Waals surface area (Å²) in [7, 11) is 1.72. The zero-order chi connectivity index (χ0) is 14.5. The molecule has 0 aromatic heterocycles. The Morgan fingerprint density at radius 1 is 1.37 bits per heavy atom. The maximum atomic E-state index is 11.9. The highest BCUT2D eigenvalue weighted by molar-refractivity contribution is 5.80. The molecule has 0 saturated carbocycles. The number of esters is 1. The fourth-order valence-electron chi connectivity index (χ4n) is 1.71. The highest BCUT2D eigenvalue weighted by atomic mass is 16.5. The molecule has 0 saturated heterocycles. The largest absolute Gasteiger partial charge is 0.491 e. The molecule has 0 spiro atoms. The number of carbonyl (C=O) groups excluding carboxylic acids is 1. The van der Waals surface area contributed by atoms with Gasteiger partial charge in [-0.05, 0) is 46.4 Å². The molecule has 0 heterocycles. The number of aryl methyl sites for hydroxylation is 2. The second-order valence-corrected chi connectivity index (χ2v) is 4.86. The van der Waals surface area contributed by atoms with Gasteiger partial charge in [0.05, 0.1) is 6.61 Å². The van der Waals surface area contributed by atoms with Crippen LogP contribution in [0.4, 0.5) is 0 Å². The molecule has 0 aliphatic carbocycles. The summed E-state index contributed by atoms with van der Waals surface area (Å²) in [4.78, 5) is 11.9. The van der Waals surface area contributed by atoms with Crippen LogP contribution in [0.3, 0.4) is 0 Å². The van der Waals surface area contributed by atoms with Gasteiger partial charge >= 0.3 is 5.97 Å². The van der Waals surface area contributed by atoms with Crippen LogP contribution in [0.15, 0.2) is 18.2 Å². The van der Waals surface area contributed by atoms with E-state index in [9.17, 15) is 4.79 Å². The average Bonchev–Trinajstić information content (AvgIpc) is 2.37. The topological polar surface area (TPSA) is 47.6 Å². The van der Waals surface area contributed by atoms with Crippen molar-refractivity contribution in [3.05, 3.63) is 29.3 Å². The Labute approximate surface area is 115 Å². The molecule has 0 amide bonds. The standard InChI is InChI=1S/C15H23NO3/c1-6-18-14(17)15(4,16-5)10-19-13-8-7-11(2)9-12(13)3/h7-9,16H,6,10H2,1-5H3. The second kappa shape index (κ2) is 6.57. The molecule has 1 rings (SSSR count). The van der Waals surface area contributed by atoms with E-state index in [0.717, 1.165) is 11.3 Å². The van der Waals surface area contributed by atoms with Crippen molar-refractivity contribution >= 4 is 5.97 Å². The first-order valence-electron chi connectivity index (χ1n) is 6.49. The fraction of sp³-hybridized carbons (Fsp3) is 0.533. The van der Waals surface area contributed by atoms with Gasteiger partial charge in [-0.3, -0.25) is 0 Å². The number of rotatable bonds is 6. The summed E-state index contributed by atoms with van der Waals surface area (Å²) >= 11 is 0. The highest BCUT2D eigenvalue weighted by Crippen LogP contribution is 2.20. The number of nitrogens with one attached hydrogen (secondary N) is 1. The Morgan fingerprint density at radius 2 is 2.05 bits per heavy atom. The first-order chi connectivity index (χ1) is 8.92. The smallest absolute Gasteiger partial charge is 0.329 e. The molecule has 0 aliphatic rings. The van der Waals surface area contributed by atoms with Crippen LogP contribution in [0.5, 0.6) is 5.75 Å².